The number of likely N-dealkylation sites (tertiary alicyclic amines) is 1. The predicted molar refractivity (Wildman–Crippen MR) is 95.1 cm³/mol. The van der Waals surface area contributed by atoms with E-state index >= 15 is 0 Å². The lowest BCUT2D eigenvalue weighted by Gasteiger charge is -2.26. The Balaban J connectivity index is 1.61. The van der Waals surface area contributed by atoms with Crippen LogP contribution in [0.3, 0.4) is 0 Å². The molecule has 0 saturated carbocycles. The van der Waals surface area contributed by atoms with Crippen LogP contribution in [0.1, 0.15) is 37.3 Å². The largest absolute Gasteiger partial charge is 0.497 e. The molecule has 2 aliphatic heterocycles. The van der Waals surface area contributed by atoms with Gasteiger partial charge < -0.3 is 19.5 Å². The van der Waals surface area contributed by atoms with Crippen molar-refractivity contribution in [2.24, 2.45) is 0 Å². The van der Waals surface area contributed by atoms with Crippen molar-refractivity contribution in [1.29, 1.82) is 0 Å². The molecule has 6 nitrogen and oxygen atoms in total. The second-order valence-electron chi connectivity index (χ2n) is 6.68. The van der Waals surface area contributed by atoms with E-state index in [-0.39, 0.29) is 18.1 Å². The van der Waals surface area contributed by atoms with Gasteiger partial charge in [-0.05, 0) is 38.3 Å². The number of nitrogens with zero attached hydrogens (tertiary/aromatic N) is 1. The first-order valence-electron chi connectivity index (χ1n) is 9.05. The van der Waals surface area contributed by atoms with E-state index in [1.807, 2.05) is 18.2 Å². The number of carbonyl (C=O) groups is 1. The standard InChI is InChI=1S/C19H28N2O4/c1-23-14-7-8-16(18(11-14)24-2)17-6-3-9-21(17)13-19(22)20-12-15-5-4-10-25-15/h7-8,11,15,17H,3-6,9-10,12-13H2,1-2H3,(H,20,22). The summed E-state index contributed by atoms with van der Waals surface area (Å²) in [6.07, 6.45) is 4.42. The lowest BCUT2D eigenvalue weighted by Crippen LogP contribution is -2.40. The topological polar surface area (TPSA) is 60.0 Å². The second-order valence-corrected chi connectivity index (χ2v) is 6.68. The van der Waals surface area contributed by atoms with Crippen LogP contribution in [0.2, 0.25) is 0 Å². The minimum absolute atomic E-state index is 0.0647. The molecule has 0 radical (unpaired) electrons. The van der Waals surface area contributed by atoms with Crippen molar-refractivity contribution < 1.29 is 19.0 Å². The highest BCUT2D eigenvalue weighted by atomic mass is 16.5. The van der Waals surface area contributed by atoms with Gasteiger partial charge in [-0.15, -0.1) is 0 Å². The molecule has 25 heavy (non-hydrogen) atoms. The first-order valence-corrected chi connectivity index (χ1v) is 9.05. The Hall–Kier alpha value is -1.79. The molecule has 0 aliphatic carbocycles. The Kier molecular flexibility index (Phi) is 6.15. The third-order valence-electron chi connectivity index (χ3n) is 5.06. The van der Waals surface area contributed by atoms with E-state index in [1.54, 1.807) is 14.2 Å². The van der Waals surface area contributed by atoms with Crippen LogP contribution in [0.25, 0.3) is 0 Å². The number of benzene rings is 1. The molecule has 2 heterocycles. The van der Waals surface area contributed by atoms with Crippen LogP contribution in [-0.4, -0.2) is 57.4 Å². The molecule has 2 atom stereocenters. The minimum Gasteiger partial charge on any atom is -0.497 e. The van der Waals surface area contributed by atoms with Crippen LogP contribution in [0.5, 0.6) is 11.5 Å². The lowest BCUT2D eigenvalue weighted by atomic mass is 10.0. The van der Waals surface area contributed by atoms with Crippen LogP contribution in [0, 0.1) is 0 Å². The van der Waals surface area contributed by atoms with Gasteiger partial charge in [0.05, 0.1) is 26.9 Å². The Morgan fingerprint density at radius 1 is 1.28 bits per heavy atom. The van der Waals surface area contributed by atoms with Crippen LogP contribution in [0.15, 0.2) is 18.2 Å². The molecule has 1 N–H and O–H groups in total. The minimum atomic E-state index is 0.0647. The molecule has 2 fully saturated rings. The van der Waals surface area contributed by atoms with Crippen molar-refractivity contribution >= 4 is 5.91 Å². The molecule has 2 saturated heterocycles. The molecule has 0 aromatic heterocycles. The number of hydrogen-bond donors (Lipinski definition) is 1. The number of hydrogen-bond acceptors (Lipinski definition) is 5. The smallest absolute Gasteiger partial charge is 0.234 e. The van der Waals surface area contributed by atoms with Gasteiger partial charge >= 0.3 is 0 Å². The maximum Gasteiger partial charge on any atom is 0.234 e. The molecule has 0 spiro atoms. The number of amides is 1. The zero-order valence-electron chi connectivity index (χ0n) is 15.1. The normalized spacial score (nSPS) is 23.6. The van der Waals surface area contributed by atoms with E-state index in [1.165, 1.54) is 0 Å². The predicted octanol–water partition coefficient (Wildman–Crippen LogP) is 2.14. The molecule has 3 rings (SSSR count). The summed E-state index contributed by atoms with van der Waals surface area (Å²) in [7, 11) is 3.32. The zero-order valence-corrected chi connectivity index (χ0v) is 15.1. The molecule has 1 aromatic carbocycles. The lowest BCUT2D eigenvalue weighted by molar-refractivity contribution is -0.123. The fourth-order valence-electron chi connectivity index (χ4n) is 3.73. The van der Waals surface area contributed by atoms with Crippen LogP contribution >= 0.6 is 0 Å². The zero-order chi connectivity index (χ0) is 17.6. The summed E-state index contributed by atoms with van der Waals surface area (Å²) in [6, 6.07) is 6.11. The molecular formula is C19H28N2O4. The first kappa shape index (κ1) is 18.0. The van der Waals surface area contributed by atoms with Crippen molar-refractivity contribution in [3.05, 3.63) is 23.8 Å². The van der Waals surface area contributed by atoms with E-state index in [2.05, 4.69) is 10.2 Å². The average molecular weight is 348 g/mol. The summed E-state index contributed by atoms with van der Waals surface area (Å²) >= 11 is 0. The third kappa shape index (κ3) is 4.44. The van der Waals surface area contributed by atoms with Crippen LogP contribution in [-0.2, 0) is 9.53 Å². The van der Waals surface area contributed by atoms with Crippen molar-refractivity contribution in [3.8, 4) is 11.5 Å². The Labute approximate surface area is 149 Å². The quantitative estimate of drug-likeness (QED) is 0.818. The number of carbonyl (C=O) groups excluding carboxylic acids is 1. The highest BCUT2D eigenvalue weighted by Gasteiger charge is 2.30. The molecule has 6 heteroatoms. The highest BCUT2D eigenvalue weighted by Crippen LogP contribution is 2.38. The first-order chi connectivity index (χ1) is 12.2. The van der Waals surface area contributed by atoms with Crippen molar-refractivity contribution in [3.63, 3.8) is 0 Å². The molecule has 0 bridgehead atoms. The number of rotatable bonds is 7. The molecule has 138 valence electrons. The second kappa shape index (κ2) is 8.54. The van der Waals surface area contributed by atoms with Crippen molar-refractivity contribution in [1.82, 2.24) is 10.2 Å². The monoisotopic (exact) mass is 348 g/mol. The van der Waals surface area contributed by atoms with Crippen molar-refractivity contribution in [2.75, 3.05) is 40.5 Å². The van der Waals surface area contributed by atoms with Crippen LogP contribution < -0.4 is 14.8 Å². The van der Waals surface area contributed by atoms with E-state index in [0.29, 0.717) is 13.1 Å². The summed E-state index contributed by atoms with van der Waals surface area (Å²) in [5.41, 5.74) is 1.12. The molecule has 2 unspecified atom stereocenters. The highest BCUT2D eigenvalue weighted by molar-refractivity contribution is 5.78. The third-order valence-corrected chi connectivity index (χ3v) is 5.06. The summed E-state index contributed by atoms with van der Waals surface area (Å²) in [4.78, 5) is 14.6. The fraction of sp³-hybridized carbons (Fsp3) is 0.632. The van der Waals surface area contributed by atoms with Gasteiger partial charge in [-0.25, -0.2) is 0 Å². The molecule has 1 amide bonds. The van der Waals surface area contributed by atoms with E-state index in [4.69, 9.17) is 14.2 Å². The summed E-state index contributed by atoms with van der Waals surface area (Å²) in [5.74, 6) is 1.66. The average Bonchev–Trinajstić information content (AvgIpc) is 3.31. The fourth-order valence-corrected chi connectivity index (χ4v) is 3.73. The van der Waals surface area contributed by atoms with Gasteiger partial charge in [0.25, 0.3) is 0 Å². The van der Waals surface area contributed by atoms with Gasteiger partial charge in [-0.3, -0.25) is 9.69 Å². The summed E-state index contributed by atoms with van der Waals surface area (Å²) in [5, 5.41) is 3.01. The Morgan fingerprint density at radius 3 is 2.88 bits per heavy atom. The molecular weight excluding hydrogens is 320 g/mol. The van der Waals surface area contributed by atoms with Gasteiger partial charge in [0.1, 0.15) is 11.5 Å². The van der Waals surface area contributed by atoms with Gasteiger partial charge in [-0.2, -0.15) is 0 Å². The van der Waals surface area contributed by atoms with Gasteiger partial charge in [-0.1, -0.05) is 6.07 Å². The van der Waals surface area contributed by atoms with Gasteiger partial charge in [0, 0.05) is 30.8 Å². The van der Waals surface area contributed by atoms with Crippen molar-refractivity contribution in [2.45, 2.75) is 37.8 Å². The number of methoxy groups -OCH3 is 2. The van der Waals surface area contributed by atoms with Gasteiger partial charge in [0.15, 0.2) is 0 Å². The van der Waals surface area contributed by atoms with Crippen LogP contribution in [0.4, 0.5) is 0 Å². The van der Waals surface area contributed by atoms with E-state index < -0.39 is 0 Å². The SMILES string of the molecule is COc1ccc(C2CCCN2CC(=O)NCC2CCCO2)c(OC)c1. The number of ether oxygens (including phenoxy) is 3. The number of nitrogens with one attached hydrogen (secondary N) is 1. The molecule has 1 aromatic rings. The Bertz CT molecular complexity index is 587. The van der Waals surface area contributed by atoms with E-state index in [0.717, 1.165) is 55.9 Å². The summed E-state index contributed by atoms with van der Waals surface area (Å²) < 4.78 is 16.4. The van der Waals surface area contributed by atoms with E-state index in [9.17, 15) is 4.79 Å². The molecule has 2 aliphatic rings. The maximum absolute atomic E-state index is 12.3. The maximum atomic E-state index is 12.3. The summed E-state index contributed by atoms with van der Waals surface area (Å²) in [6.45, 7) is 2.76. The Morgan fingerprint density at radius 2 is 2.16 bits per heavy atom. The van der Waals surface area contributed by atoms with Gasteiger partial charge in [0.2, 0.25) is 5.91 Å².